The topological polar surface area (TPSA) is 35.5 Å². The van der Waals surface area contributed by atoms with E-state index < -0.39 is 6.16 Å². The minimum absolute atomic E-state index is 0.147. The van der Waals surface area contributed by atoms with Crippen molar-refractivity contribution >= 4 is 6.16 Å². The molecule has 1 aliphatic heterocycles. The van der Waals surface area contributed by atoms with Crippen LogP contribution in [0.5, 0.6) is 0 Å². The van der Waals surface area contributed by atoms with E-state index in [0.717, 1.165) is 18.4 Å². The van der Waals surface area contributed by atoms with Crippen molar-refractivity contribution in [1.82, 2.24) is 0 Å². The van der Waals surface area contributed by atoms with Crippen LogP contribution >= 0.6 is 0 Å². The van der Waals surface area contributed by atoms with Gasteiger partial charge in [0, 0.05) is 0 Å². The number of hydrogen-bond acceptors (Lipinski definition) is 3. The molecular weight excluding hydrogens is 180 g/mol. The van der Waals surface area contributed by atoms with E-state index in [1.54, 1.807) is 0 Å². The SMILES string of the molecule is O=C1OCCCC(c2ccccc2)O1. The predicted molar refractivity (Wildman–Crippen MR) is 50.9 cm³/mol. The molecule has 1 aromatic rings. The van der Waals surface area contributed by atoms with Crippen LogP contribution in [0.4, 0.5) is 4.79 Å². The second-order valence-corrected chi connectivity index (χ2v) is 3.26. The molecule has 0 radical (unpaired) electrons. The van der Waals surface area contributed by atoms with Crippen molar-refractivity contribution in [1.29, 1.82) is 0 Å². The summed E-state index contributed by atoms with van der Waals surface area (Å²) in [5, 5.41) is 0. The zero-order valence-corrected chi connectivity index (χ0v) is 7.81. The number of cyclic esters (lactones) is 2. The Hall–Kier alpha value is -1.51. The molecule has 1 aliphatic rings. The maximum absolute atomic E-state index is 11.0. The first-order chi connectivity index (χ1) is 6.86. The van der Waals surface area contributed by atoms with Gasteiger partial charge in [0.25, 0.3) is 0 Å². The van der Waals surface area contributed by atoms with Gasteiger partial charge in [0.1, 0.15) is 6.10 Å². The average molecular weight is 192 g/mol. The Morgan fingerprint density at radius 1 is 1.21 bits per heavy atom. The molecule has 1 fully saturated rings. The van der Waals surface area contributed by atoms with E-state index >= 15 is 0 Å². The third-order valence-electron chi connectivity index (χ3n) is 2.24. The van der Waals surface area contributed by atoms with Gasteiger partial charge in [-0.05, 0) is 18.4 Å². The molecule has 1 aromatic carbocycles. The molecular formula is C11H12O3. The van der Waals surface area contributed by atoms with E-state index in [2.05, 4.69) is 0 Å². The monoisotopic (exact) mass is 192 g/mol. The standard InChI is InChI=1S/C11H12O3/c12-11-13-8-4-7-10(14-11)9-5-2-1-3-6-9/h1-3,5-6,10H,4,7-8H2. The van der Waals surface area contributed by atoms with Gasteiger partial charge in [-0.1, -0.05) is 30.3 Å². The quantitative estimate of drug-likeness (QED) is 0.642. The van der Waals surface area contributed by atoms with Gasteiger partial charge in [0.2, 0.25) is 0 Å². The van der Waals surface area contributed by atoms with Crippen LogP contribution < -0.4 is 0 Å². The van der Waals surface area contributed by atoms with Crippen LogP contribution in [0.25, 0.3) is 0 Å². The number of hydrogen-bond donors (Lipinski definition) is 0. The lowest BCUT2D eigenvalue weighted by molar-refractivity contribution is 0.0425. The fraction of sp³-hybridized carbons (Fsp3) is 0.364. The number of benzene rings is 1. The van der Waals surface area contributed by atoms with Gasteiger partial charge >= 0.3 is 6.16 Å². The zero-order valence-electron chi connectivity index (χ0n) is 7.81. The first-order valence-electron chi connectivity index (χ1n) is 4.74. The summed E-state index contributed by atoms with van der Waals surface area (Å²) in [5.74, 6) is 0. The second-order valence-electron chi connectivity index (χ2n) is 3.26. The predicted octanol–water partition coefficient (Wildman–Crippen LogP) is 2.67. The van der Waals surface area contributed by atoms with E-state index in [9.17, 15) is 4.79 Å². The largest absolute Gasteiger partial charge is 0.508 e. The minimum Gasteiger partial charge on any atom is -0.434 e. The third kappa shape index (κ3) is 2.05. The van der Waals surface area contributed by atoms with Gasteiger partial charge in [-0.15, -0.1) is 0 Å². The minimum atomic E-state index is -0.559. The summed E-state index contributed by atoms with van der Waals surface area (Å²) in [6, 6.07) is 9.74. The number of carbonyl (C=O) groups excluding carboxylic acids is 1. The van der Waals surface area contributed by atoms with Crippen molar-refractivity contribution in [2.24, 2.45) is 0 Å². The highest BCUT2D eigenvalue weighted by Crippen LogP contribution is 2.25. The van der Waals surface area contributed by atoms with Crippen molar-refractivity contribution in [3.8, 4) is 0 Å². The maximum Gasteiger partial charge on any atom is 0.508 e. The fourth-order valence-electron chi connectivity index (χ4n) is 1.54. The van der Waals surface area contributed by atoms with Crippen LogP contribution in [0.15, 0.2) is 30.3 Å². The van der Waals surface area contributed by atoms with E-state index in [-0.39, 0.29) is 6.10 Å². The molecule has 0 bridgehead atoms. The molecule has 0 amide bonds. The Morgan fingerprint density at radius 2 is 2.00 bits per heavy atom. The van der Waals surface area contributed by atoms with Crippen LogP contribution in [0, 0.1) is 0 Å². The highest BCUT2D eigenvalue weighted by atomic mass is 16.7. The average Bonchev–Trinajstić information content (AvgIpc) is 2.44. The molecule has 74 valence electrons. The lowest BCUT2D eigenvalue weighted by atomic mass is 10.1. The van der Waals surface area contributed by atoms with Crippen LogP contribution in [0.1, 0.15) is 24.5 Å². The highest BCUT2D eigenvalue weighted by Gasteiger charge is 2.20. The molecule has 0 aliphatic carbocycles. The van der Waals surface area contributed by atoms with Gasteiger partial charge in [0.05, 0.1) is 6.61 Å². The van der Waals surface area contributed by atoms with Crippen molar-refractivity contribution in [3.63, 3.8) is 0 Å². The first kappa shape index (κ1) is 9.06. The van der Waals surface area contributed by atoms with Gasteiger partial charge in [0.15, 0.2) is 0 Å². The van der Waals surface area contributed by atoms with Crippen LogP contribution in [0.3, 0.4) is 0 Å². The lowest BCUT2D eigenvalue weighted by Crippen LogP contribution is -2.08. The lowest BCUT2D eigenvalue weighted by Gasteiger charge is -2.13. The van der Waals surface area contributed by atoms with Gasteiger partial charge in [-0.2, -0.15) is 0 Å². The summed E-state index contributed by atoms with van der Waals surface area (Å²) >= 11 is 0. The number of carbonyl (C=O) groups is 1. The van der Waals surface area contributed by atoms with Crippen molar-refractivity contribution in [2.45, 2.75) is 18.9 Å². The van der Waals surface area contributed by atoms with E-state index in [4.69, 9.17) is 9.47 Å². The molecule has 1 heterocycles. The Kier molecular flexibility index (Phi) is 2.68. The molecule has 2 rings (SSSR count). The molecule has 0 N–H and O–H groups in total. The van der Waals surface area contributed by atoms with Crippen molar-refractivity contribution < 1.29 is 14.3 Å². The van der Waals surface area contributed by atoms with Gasteiger partial charge in [-0.3, -0.25) is 0 Å². The van der Waals surface area contributed by atoms with E-state index in [1.165, 1.54) is 0 Å². The molecule has 14 heavy (non-hydrogen) atoms. The highest BCUT2D eigenvalue weighted by molar-refractivity contribution is 5.60. The summed E-state index contributed by atoms with van der Waals surface area (Å²) in [6.07, 6.45) is 0.976. The second kappa shape index (κ2) is 4.13. The number of rotatable bonds is 1. The molecule has 3 heteroatoms. The van der Waals surface area contributed by atoms with Crippen LogP contribution in [-0.4, -0.2) is 12.8 Å². The third-order valence-corrected chi connectivity index (χ3v) is 2.24. The summed E-state index contributed by atoms with van der Waals surface area (Å²) in [6.45, 7) is 0.460. The van der Waals surface area contributed by atoms with Crippen molar-refractivity contribution in [2.75, 3.05) is 6.61 Å². The number of ether oxygens (including phenoxy) is 2. The molecule has 1 unspecified atom stereocenters. The zero-order chi connectivity index (χ0) is 9.80. The van der Waals surface area contributed by atoms with E-state index in [1.807, 2.05) is 30.3 Å². The Morgan fingerprint density at radius 3 is 2.79 bits per heavy atom. The Balaban J connectivity index is 2.13. The van der Waals surface area contributed by atoms with Crippen molar-refractivity contribution in [3.05, 3.63) is 35.9 Å². The molecule has 1 saturated heterocycles. The molecule has 3 nitrogen and oxygen atoms in total. The molecule has 0 spiro atoms. The van der Waals surface area contributed by atoms with Gasteiger partial charge in [-0.25, -0.2) is 4.79 Å². The summed E-state index contributed by atoms with van der Waals surface area (Å²) in [4.78, 5) is 11.0. The molecule has 1 atom stereocenters. The molecule has 0 saturated carbocycles. The smallest absolute Gasteiger partial charge is 0.434 e. The summed E-state index contributed by atoms with van der Waals surface area (Å²) < 4.78 is 9.93. The summed E-state index contributed by atoms with van der Waals surface area (Å²) in [5.41, 5.74) is 1.03. The Bertz CT molecular complexity index is 308. The van der Waals surface area contributed by atoms with Crippen LogP contribution in [-0.2, 0) is 9.47 Å². The summed E-state index contributed by atoms with van der Waals surface area (Å²) in [7, 11) is 0. The fourth-order valence-corrected chi connectivity index (χ4v) is 1.54. The maximum atomic E-state index is 11.0. The normalized spacial score (nSPS) is 22.0. The van der Waals surface area contributed by atoms with Gasteiger partial charge < -0.3 is 9.47 Å². The van der Waals surface area contributed by atoms with Crippen LogP contribution in [0.2, 0.25) is 0 Å². The molecule has 0 aromatic heterocycles. The Labute approximate surface area is 82.6 Å². The van der Waals surface area contributed by atoms with E-state index in [0.29, 0.717) is 6.61 Å². The first-order valence-corrected chi connectivity index (χ1v) is 4.74.